The molecule has 4 nitrogen and oxygen atoms in total. The van der Waals surface area contributed by atoms with Crippen LogP contribution in [0.3, 0.4) is 0 Å². The van der Waals surface area contributed by atoms with Crippen molar-refractivity contribution in [2.75, 3.05) is 18.0 Å². The van der Waals surface area contributed by atoms with Gasteiger partial charge in [0.1, 0.15) is 5.84 Å². The van der Waals surface area contributed by atoms with E-state index in [0.29, 0.717) is 5.41 Å². The number of nitrogens with zero attached hydrogens (tertiary/aromatic N) is 2. The first-order valence-electron chi connectivity index (χ1n) is 7.50. The minimum absolute atomic E-state index is 0.121. The second-order valence-electron chi connectivity index (χ2n) is 6.04. The Morgan fingerprint density at radius 2 is 2.05 bits per heavy atom. The first kappa shape index (κ1) is 14.8. The Balaban J connectivity index is 2.41. The minimum Gasteiger partial charge on any atom is -0.384 e. The number of nitrogens with one attached hydrogen (secondary N) is 1. The van der Waals surface area contributed by atoms with Gasteiger partial charge in [-0.05, 0) is 44.6 Å². The first-order chi connectivity index (χ1) is 9.42. The molecule has 110 valence electrons. The number of rotatable bonds is 4. The van der Waals surface area contributed by atoms with Crippen LogP contribution in [0.2, 0.25) is 0 Å². The molecule has 1 aliphatic heterocycles. The number of nitrogens with two attached hydrogens (primary N) is 1. The molecule has 2 rings (SSSR count). The zero-order valence-electron chi connectivity index (χ0n) is 13.1. The summed E-state index contributed by atoms with van der Waals surface area (Å²) in [5.74, 6) is 0.121. The van der Waals surface area contributed by atoms with Crippen LogP contribution < -0.4 is 10.6 Å². The summed E-state index contributed by atoms with van der Waals surface area (Å²) in [6.07, 6.45) is 3.63. The lowest BCUT2D eigenvalue weighted by molar-refractivity contribution is 0.301. The molecule has 0 aromatic carbocycles. The molecule has 1 aromatic heterocycles. The number of nitrogen functional groups attached to an aromatic ring is 1. The van der Waals surface area contributed by atoms with Crippen LogP contribution >= 0.6 is 0 Å². The Kier molecular flexibility index (Phi) is 4.02. The van der Waals surface area contributed by atoms with Gasteiger partial charge in [0.05, 0.1) is 16.9 Å². The van der Waals surface area contributed by atoms with Crippen LogP contribution in [0.15, 0.2) is 6.07 Å². The van der Waals surface area contributed by atoms with E-state index in [1.54, 1.807) is 0 Å². The fraction of sp³-hybridized carbons (Fsp3) is 0.625. The average molecular weight is 274 g/mol. The highest BCUT2D eigenvalue weighted by Gasteiger charge is 2.36. The Bertz CT molecular complexity index is 517. The van der Waals surface area contributed by atoms with Crippen LogP contribution in [0.25, 0.3) is 0 Å². The summed E-state index contributed by atoms with van der Waals surface area (Å²) >= 11 is 0. The molecule has 1 fully saturated rings. The maximum Gasteiger partial charge on any atom is 0.126 e. The molecule has 0 aliphatic carbocycles. The molecule has 1 aromatic rings. The van der Waals surface area contributed by atoms with E-state index < -0.39 is 0 Å². The Morgan fingerprint density at radius 3 is 2.55 bits per heavy atom. The van der Waals surface area contributed by atoms with Gasteiger partial charge < -0.3 is 10.6 Å². The summed E-state index contributed by atoms with van der Waals surface area (Å²) in [7, 11) is 0. The largest absolute Gasteiger partial charge is 0.384 e. The van der Waals surface area contributed by atoms with Crippen molar-refractivity contribution in [1.82, 2.24) is 4.98 Å². The lowest BCUT2D eigenvalue weighted by atomic mass is 9.82. The van der Waals surface area contributed by atoms with Gasteiger partial charge in [-0.15, -0.1) is 0 Å². The van der Waals surface area contributed by atoms with Crippen molar-refractivity contribution in [2.45, 2.75) is 47.0 Å². The Labute approximate surface area is 121 Å². The van der Waals surface area contributed by atoms with Gasteiger partial charge in [-0.25, -0.2) is 0 Å². The van der Waals surface area contributed by atoms with Crippen molar-refractivity contribution in [2.24, 2.45) is 11.1 Å². The highest BCUT2D eigenvalue weighted by atomic mass is 15.2. The molecule has 0 atom stereocenters. The Morgan fingerprint density at radius 1 is 1.40 bits per heavy atom. The van der Waals surface area contributed by atoms with Gasteiger partial charge >= 0.3 is 0 Å². The van der Waals surface area contributed by atoms with Crippen LogP contribution in [0.5, 0.6) is 0 Å². The highest BCUT2D eigenvalue weighted by molar-refractivity contribution is 6.01. The molecule has 1 aliphatic rings. The number of pyridine rings is 1. The van der Waals surface area contributed by atoms with E-state index in [1.807, 2.05) is 13.8 Å². The quantitative estimate of drug-likeness (QED) is 0.655. The SMILES string of the molecule is CCC1(CC)CCN(c2cc(C)nc(C)c2C(=N)N)C1. The molecule has 0 unspecified atom stereocenters. The molecule has 0 radical (unpaired) electrons. The molecule has 2 heterocycles. The highest BCUT2D eigenvalue weighted by Crippen LogP contribution is 2.40. The third kappa shape index (κ3) is 2.51. The van der Waals surface area contributed by atoms with E-state index in [0.717, 1.165) is 35.7 Å². The summed E-state index contributed by atoms with van der Waals surface area (Å²) in [5, 5.41) is 7.85. The van der Waals surface area contributed by atoms with E-state index in [9.17, 15) is 0 Å². The Hall–Kier alpha value is -1.58. The van der Waals surface area contributed by atoms with Crippen LogP contribution in [-0.4, -0.2) is 23.9 Å². The topological polar surface area (TPSA) is 66.0 Å². The average Bonchev–Trinajstić information content (AvgIpc) is 2.82. The molecule has 0 bridgehead atoms. The standard InChI is InChI=1S/C16H26N4/c1-5-16(6-2)7-8-20(10-16)13-9-11(3)19-12(4)14(13)15(17)18/h9H,5-8,10H2,1-4H3,(H3,17,18). The molecule has 3 N–H and O–H groups in total. The van der Waals surface area contributed by atoms with Crippen molar-refractivity contribution in [1.29, 1.82) is 5.41 Å². The summed E-state index contributed by atoms with van der Waals surface area (Å²) < 4.78 is 0. The van der Waals surface area contributed by atoms with Crippen LogP contribution in [0.1, 0.15) is 50.1 Å². The van der Waals surface area contributed by atoms with Crippen LogP contribution in [0, 0.1) is 24.7 Å². The molecule has 0 amide bonds. The maximum atomic E-state index is 7.85. The van der Waals surface area contributed by atoms with Gasteiger partial charge in [-0.1, -0.05) is 13.8 Å². The van der Waals surface area contributed by atoms with E-state index in [1.165, 1.54) is 19.3 Å². The zero-order valence-corrected chi connectivity index (χ0v) is 13.1. The number of aromatic nitrogens is 1. The lowest BCUT2D eigenvalue weighted by Gasteiger charge is -2.28. The van der Waals surface area contributed by atoms with Gasteiger partial charge in [0.2, 0.25) is 0 Å². The fourth-order valence-corrected chi connectivity index (χ4v) is 3.36. The zero-order chi connectivity index (χ0) is 14.9. The summed E-state index contributed by atoms with van der Waals surface area (Å²) in [4.78, 5) is 6.85. The molecular weight excluding hydrogens is 248 g/mol. The monoisotopic (exact) mass is 274 g/mol. The number of hydrogen-bond donors (Lipinski definition) is 2. The first-order valence-corrected chi connectivity index (χ1v) is 7.50. The van der Waals surface area contributed by atoms with Crippen molar-refractivity contribution in [3.05, 3.63) is 23.0 Å². The third-order valence-electron chi connectivity index (χ3n) is 4.86. The van der Waals surface area contributed by atoms with E-state index in [2.05, 4.69) is 29.8 Å². The fourth-order valence-electron chi connectivity index (χ4n) is 3.36. The predicted octanol–water partition coefficient (Wildman–Crippen LogP) is 3.00. The van der Waals surface area contributed by atoms with Gasteiger partial charge in [-0.3, -0.25) is 10.4 Å². The third-order valence-corrected chi connectivity index (χ3v) is 4.86. The summed E-state index contributed by atoms with van der Waals surface area (Å²) in [6.45, 7) is 10.6. The van der Waals surface area contributed by atoms with Gasteiger partial charge in [0.15, 0.2) is 0 Å². The van der Waals surface area contributed by atoms with Crippen LogP contribution in [-0.2, 0) is 0 Å². The van der Waals surface area contributed by atoms with Crippen molar-refractivity contribution in [3.63, 3.8) is 0 Å². The van der Waals surface area contributed by atoms with Crippen molar-refractivity contribution in [3.8, 4) is 0 Å². The summed E-state index contributed by atoms with van der Waals surface area (Å²) in [5.41, 5.74) is 9.94. The number of hydrogen-bond acceptors (Lipinski definition) is 3. The second-order valence-corrected chi connectivity index (χ2v) is 6.04. The second kappa shape index (κ2) is 5.43. The van der Waals surface area contributed by atoms with E-state index >= 15 is 0 Å². The van der Waals surface area contributed by atoms with Crippen LogP contribution in [0.4, 0.5) is 5.69 Å². The normalized spacial score (nSPS) is 17.5. The number of aryl methyl sites for hydroxylation is 2. The number of anilines is 1. The van der Waals surface area contributed by atoms with Gasteiger partial charge in [0.25, 0.3) is 0 Å². The number of amidine groups is 1. The predicted molar refractivity (Wildman–Crippen MR) is 84.6 cm³/mol. The maximum absolute atomic E-state index is 7.85. The molecule has 0 spiro atoms. The van der Waals surface area contributed by atoms with Crippen molar-refractivity contribution >= 4 is 11.5 Å². The van der Waals surface area contributed by atoms with E-state index in [4.69, 9.17) is 11.1 Å². The minimum atomic E-state index is 0.121. The smallest absolute Gasteiger partial charge is 0.126 e. The molecule has 20 heavy (non-hydrogen) atoms. The van der Waals surface area contributed by atoms with E-state index in [-0.39, 0.29) is 5.84 Å². The molecule has 4 heteroatoms. The molecule has 0 saturated carbocycles. The summed E-state index contributed by atoms with van der Waals surface area (Å²) in [6, 6.07) is 2.07. The van der Waals surface area contributed by atoms with Crippen molar-refractivity contribution < 1.29 is 0 Å². The molecule has 1 saturated heterocycles. The molecular formula is C16H26N4. The van der Waals surface area contributed by atoms with Gasteiger partial charge in [0, 0.05) is 18.8 Å². The lowest BCUT2D eigenvalue weighted by Crippen LogP contribution is -2.29. The van der Waals surface area contributed by atoms with Gasteiger partial charge in [-0.2, -0.15) is 0 Å².